The number of hydrogen-bond acceptors (Lipinski definition) is 3. The van der Waals surface area contributed by atoms with Crippen LogP contribution in [0.2, 0.25) is 0 Å². The Hall–Kier alpha value is -3.15. The SMILES string of the molecule is O=C(NC1CCN(C(=O)c2cccc3cn[nH]c23)CC1)c1ccccc1. The fraction of sp³-hybridized carbons (Fsp3) is 0.250. The number of piperidine rings is 1. The lowest BCUT2D eigenvalue weighted by Crippen LogP contribution is -2.46. The fourth-order valence-corrected chi connectivity index (χ4v) is 3.40. The van der Waals surface area contributed by atoms with Crippen LogP contribution in [0.3, 0.4) is 0 Å². The van der Waals surface area contributed by atoms with Crippen molar-refractivity contribution in [2.45, 2.75) is 18.9 Å². The van der Waals surface area contributed by atoms with Crippen molar-refractivity contribution in [3.8, 4) is 0 Å². The number of nitrogens with zero attached hydrogens (tertiary/aromatic N) is 2. The van der Waals surface area contributed by atoms with Crippen molar-refractivity contribution in [1.29, 1.82) is 0 Å². The topological polar surface area (TPSA) is 78.1 Å². The number of likely N-dealkylation sites (tertiary alicyclic amines) is 1. The minimum atomic E-state index is -0.0578. The van der Waals surface area contributed by atoms with Gasteiger partial charge in [-0.1, -0.05) is 30.3 Å². The zero-order chi connectivity index (χ0) is 17.9. The minimum Gasteiger partial charge on any atom is -0.349 e. The average molecular weight is 348 g/mol. The summed E-state index contributed by atoms with van der Waals surface area (Å²) >= 11 is 0. The highest BCUT2D eigenvalue weighted by molar-refractivity contribution is 6.05. The van der Waals surface area contributed by atoms with Gasteiger partial charge in [0, 0.05) is 30.1 Å². The number of aromatic amines is 1. The molecule has 2 N–H and O–H groups in total. The van der Waals surface area contributed by atoms with Gasteiger partial charge < -0.3 is 10.2 Å². The summed E-state index contributed by atoms with van der Waals surface area (Å²) in [5, 5.41) is 10.9. The van der Waals surface area contributed by atoms with E-state index in [0.717, 1.165) is 23.7 Å². The molecule has 1 saturated heterocycles. The zero-order valence-corrected chi connectivity index (χ0v) is 14.3. The first kappa shape index (κ1) is 16.3. The number of amides is 2. The van der Waals surface area contributed by atoms with Crippen LogP contribution in [0.4, 0.5) is 0 Å². The molecule has 26 heavy (non-hydrogen) atoms. The molecule has 0 bridgehead atoms. The third kappa shape index (κ3) is 3.18. The second-order valence-electron chi connectivity index (χ2n) is 6.55. The predicted molar refractivity (Wildman–Crippen MR) is 98.9 cm³/mol. The number of rotatable bonds is 3. The molecule has 3 aromatic rings. The Morgan fingerprint density at radius 2 is 1.81 bits per heavy atom. The van der Waals surface area contributed by atoms with E-state index in [-0.39, 0.29) is 17.9 Å². The van der Waals surface area contributed by atoms with Crippen LogP contribution < -0.4 is 5.32 Å². The summed E-state index contributed by atoms with van der Waals surface area (Å²) < 4.78 is 0. The minimum absolute atomic E-state index is 0.00712. The first-order valence-corrected chi connectivity index (χ1v) is 8.79. The first-order valence-electron chi connectivity index (χ1n) is 8.79. The van der Waals surface area contributed by atoms with E-state index in [2.05, 4.69) is 15.5 Å². The van der Waals surface area contributed by atoms with E-state index < -0.39 is 0 Å². The normalized spacial score (nSPS) is 15.2. The van der Waals surface area contributed by atoms with Crippen LogP contribution in [0.5, 0.6) is 0 Å². The fourth-order valence-electron chi connectivity index (χ4n) is 3.40. The van der Waals surface area contributed by atoms with Gasteiger partial charge in [0.25, 0.3) is 11.8 Å². The molecule has 0 radical (unpaired) electrons. The second-order valence-corrected chi connectivity index (χ2v) is 6.55. The molecule has 1 aliphatic rings. The Balaban J connectivity index is 1.38. The second kappa shape index (κ2) is 7.00. The molecule has 1 fully saturated rings. The van der Waals surface area contributed by atoms with Gasteiger partial charge in [0.2, 0.25) is 0 Å². The number of para-hydroxylation sites is 1. The summed E-state index contributed by atoms with van der Waals surface area (Å²) in [5.74, 6) is -0.0507. The molecular formula is C20H20N4O2. The van der Waals surface area contributed by atoms with Crippen molar-refractivity contribution >= 4 is 22.7 Å². The Labute approximate surface area is 151 Å². The molecule has 2 heterocycles. The summed E-state index contributed by atoms with van der Waals surface area (Å²) in [6.45, 7) is 1.26. The molecular weight excluding hydrogens is 328 g/mol. The van der Waals surface area contributed by atoms with Crippen LogP contribution in [0.1, 0.15) is 33.6 Å². The number of nitrogens with one attached hydrogen (secondary N) is 2. The van der Waals surface area contributed by atoms with Gasteiger partial charge in [0.1, 0.15) is 0 Å². The van der Waals surface area contributed by atoms with Crippen molar-refractivity contribution in [2.75, 3.05) is 13.1 Å². The number of carbonyl (C=O) groups excluding carboxylic acids is 2. The molecule has 0 atom stereocenters. The summed E-state index contributed by atoms with van der Waals surface area (Å²) in [6.07, 6.45) is 3.23. The van der Waals surface area contributed by atoms with Crippen molar-refractivity contribution in [1.82, 2.24) is 20.4 Å². The van der Waals surface area contributed by atoms with Gasteiger partial charge in [-0.3, -0.25) is 14.7 Å². The highest BCUT2D eigenvalue weighted by Crippen LogP contribution is 2.20. The Kier molecular flexibility index (Phi) is 4.39. The monoisotopic (exact) mass is 348 g/mol. The largest absolute Gasteiger partial charge is 0.349 e. The van der Waals surface area contributed by atoms with Crippen LogP contribution in [0.25, 0.3) is 10.9 Å². The molecule has 2 aromatic carbocycles. The molecule has 4 rings (SSSR count). The van der Waals surface area contributed by atoms with Crippen LogP contribution in [-0.2, 0) is 0 Å². The van der Waals surface area contributed by atoms with Crippen LogP contribution in [-0.4, -0.2) is 46.0 Å². The quantitative estimate of drug-likeness (QED) is 0.764. The highest BCUT2D eigenvalue weighted by atomic mass is 16.2. The number of aromatic nitrogens is 2. The number of H-pyrrole nitrogens is 1. The lowest BCUT2D eigenvalue weighted by atomic mass is 10.0. The van der Waals surface area contributed by atoms with E-state index in [9.17, 15) is 9.59 Å². The molecule has 0 saturated carbocycles. The summed E-state index contributed by atoms with van der Waals surface area (Å²) in [5.41, 5.74) is 2.08. The molecule has 1 aromatic heterocycles. The number of benzene rings is 2. The zero-order valence-electron chi connectivity index (χ0n) is 14.3. The lowest BCUT2D eigenvalue weighted by Gasteiger charge is -2.32. The van der Waals surface area contributed by atoms with Gasteiger partial charge in [-0.05, 0) is 31.0 Å². The lowest BCUT2D eigenvalue weighted by molar-refractivity contribution is 0.0700. The maximum atomic E-state index is 12.9. The van der Waals surface area contributed by atoms with E-state index in [1.54, 1.807) is 18.3 Å². The summed E-state index contributed by atoms with van der Waals surface area (Å²) in [6, 6.07) is 14.9. The molecule has 132 valence electrons. The standard InChI is InChI=1S/C20H20N4O2/c25-19(14-5-2-1-3-6-14)22-16-9-11-24(12-10-16)20(26)17-8-4-7-15-13-21-23-18(15)17/h1-8,13,16H,9-12H2,(H,21,23)(H,22,25). The van der Waals surface area contributed by atoms with Crippen molar-refractivity contribution in [2.24, 2.45) is 0 Å². The number of hydrogen-bond donors (Lipinski definition) is 2. The van der Waals surface area contributed by atoms with E-state index in [0.29, 0.717) is 24.2 Å². The van der Waals surface area contributed by atoms with Crippen molar-refractivity contribution in [3.05, 3.63) is 65.9 Å². The molecule has 6 heteroatoms. The molecule has 1 aliphatic heterocycles. The molecule has 0 aliphatic carbocycles. The molecule has 0 spiro atoms. The third-order valence-electron chi connectivity index (χ3n) is 4.86. The number of fused-ring (bicyclic) bond motifs is 1. The Bertz CT molecular complexity index is 927. The van der Waals surface area contributed by atoms with Gasteiger partial charge in [-0.2, -0.15) is 5.10 Å². The van der Waals surface area contributed by atoms with E-state index in [4.69, 9.17) is 0 Å². The van der Waals surface area contributed by atoms with Crippen LogP contribution in [0.15, 0.2) is 54.7 Å². The van der Waals surface area contributed by atoms with Crippen LogP contribution >= 0.6 is 0 Å². The number of carbonyl (C=O) groups is 2. The Morgan fingerprint density at radius 1 is 1.04 bits per heavy atom. The van der Waals surface area contributed by atoms with E-state index >= 15 is 0 Å². The first-order chi connectivity index (χ1) is 12.7. The van der Waals surface area contributed by atoms with Gasteiger partial charge >= 0.3 is 0 Å². The van der Waals surface area contributed by atoms with Crippen LogP contribution in [0, 0.1) is 0 Å². The average Bonchev–Trinajstić information content (AvgIpc) is 3.17. The highest BCUT2D eigenvalue weighted by Gasteiger charge is 2.26. The molecule has 0 unspecified atom stereocenters. The van der Waals surface area contributed by atoms with E-state index in [1.165, 1.54) is 0 Å². The maximum Gasteiger partial charge on any atom is 0.256 e. The smallest absolute Gasteiger partial charge is 0.256 e. The molecule has 6 nitrogen and oxygen atoms in total. The molecule has 2 amide bonds. The van der Waals surface area contributed by atoms with Gasteiger partial charge in [-0.15, -0.1) is 0 Å². The Morgan fingerprint density at radius 3 is 2.58 bits per heavy atom. The van der Waals surface area contributed by atoms with Crippen molar-refractivity contribution in [3.63, 3.8) is 0 Å². The third-order valence-corrected chi connectivity index (χ3v) is 4.86. The van der Waals surface area contributed by atoms with Gasteiger partial charge in [0.15, 0.2) is 0 Å². The van der Waals surface area contributed by atoms with Crippen molar-refractivity contribution < 1.29 is 9.59 Å². The van der Waals surface area contributed by atoms with Gasteiger partial charge in [0.05, 0.1) is 17.3 Å². The maximum absolute atomic E-state index is 12.9. The van der Waals surface area contributed by atoms with Gasteiger partial charge in [-0.25, -0.2) is 0 Å². The van der Waals surface area contributed by atoms with E-state index in [1.807, 2.05) is 41.3 Å². The predicted octanol–water partition coefficient (Wildman–Crippen LogP) is 2.60. The summed E-state index contributed by atoms with van der Waals surface area (Å²) in [7, 11) is 0. The summed E-state index contributed by atoms with van der Waals surface area (Å²) in [4.78, 5) is 27.0.